The van der Waals surface area contributed by atoms with Crippen molar-refractivity contribution in [3.05, 3.63) is 71.4 Å². The molecule has 1 N–H and O–H groups in total. The first-order chi connectivity index (χ1) is 13.2. The number of carbonyl (C=O) groups is 1. The summed E-state index contributed by atoms with van der Waals surface area (Å²) < 4.78 is 16.3. The molecule has 2 aliphatic rings. The van der Waals surface area contributed by atoms with Gasteiger partial charge in [-0.15, -0.1) is 5.10 Å². The van der Waals surface area contributed by atoms with Gasteiger partial charge in [0, 0.05) is 41.2 Å². The van der Waals surface area contributed by atoms with Crippen molar-refractivity contribution in [2.75, 3.05) is 5.32 Å². The first-order valence-corrected chi connectivity index (χ1v) is 8.87. The fourth-order valence-corrected chi connectivity index (χ4v) is 3.76. The summed E-state index contributed by atoms with van der Waals surface area (Å²) in [6, 6.07) is 9.54. The SMILES string of the molecule is O=C1CCCC2=C1C(c1ccccc1F)n1nc(-c3ccncc3)nc1N2. The molecule has 1 atom stereocenters. The molecule has 1 aromatic carbocycles. The van der Waals surface area contributed by atoms with Crippen LogP contribution in [0.2, 0.25) is 0 Å². The average molecular weight is 361 g/mol. The number of rotatable bonds is 2. The summed E-state index contributed by atoms with van der Waals surface area (Å²) in [6.07, 6.45) is 5.32. The first-order valence-electron chi connectivity index (χ1n) is 8.87. The lowest BCUT2D eigenvalue weighted by Crippen LogP contribution is -2.32. The van der Waals surface area contributed by atoms with Crippen molar-refractivity contribution in [3.8, 4) is 11.4 Å². The number of anilines is 1. The van der Waals surface area contributed by atoms with Crippen molar-refractivity contribution in [3.63, 3.8) is 0 Å². The molecule has 1 aliphatic carbocycles. The van der Waals surface area contributed by atoms with Gasteiger partial charge in [-0.3, -0.25) is 9.78 Å². The number of fused-ring (bicyclic) bond motifs is 1. The number of benzene rings is 1. The molecule has 1 unspecified atom stereocenters. The van der Waals surface area contributed by atoms with Crippen LogP contribution in [-0.4, -0.2) is 25.5 Å². The highest BCUT2D eigenvalue weighted by atomic mass is 19.1. The molecular weight excluding hydrogens is 345 g/mol. The quantitative estimate of drug-likeness (QED) is 0.756. The molecule has 3 heterocycles. The Morgan fingerprint density at radius 1 is 1.11 bits per heavy atom. The van der Waals surface area contributed by atoms with Crippen LogP contribution in [0.3, 0.4) is 0 Å². The molecule has 27 heavy (non-hydrogen) atoms. The van der Waals surface area contributed by atoms with E-state index < -0.39 is 6.04 Å². The van der Waals surface area contributed by atoms with E-state index in [1.54, 1.807) is 35.3 Å². The molecule has 0 spiro atoms. The number of nitrogens with zero attached hydrogens (tertiary/aromatic N) is 4. The summed E-state index contributed by atoms with van der Waals surface area (Å²) in [4.78, 5) is 21.3. The molecule has 3 aromatic rings. The lowest BCUT2D eigenvalue weighted by Gasteiger charge is -2.32. The largest absolute Gasteiger partial charge is 0.328 e. The second-order valence-electron chi connectivity index (χ2n) is 6.66. The van der Waals surface area contributed by atoms with Gasteiger partial charge >= 0.3 is 0 Å². The van der Waals surface area contributed by atoms with E-state index in [-0.39, 0.29) is 11.6 Å². The summed E-state index contributed by atoms with van der Waals surface area (Å²) in [5.74, 6) is 0.696. The maximum Gasteiger partial charge on any atom is 0.226 e. The topological polar surface area (TPSA) is 72.7 Å². The van der Waals surface area contributed by atoms with E-state index >= 15 is 0 Å². The van der Waals surface area contributed by atoms with Crippen LogP contribution in [0.5, 0.6) is 0 Å². The molecule has 0 amide bonds. The molecular formula is C20H16FN5O. The van der Waals surface area contributed by atoms with Crippen LogP contribution < -0.4 is 5.32 Å². The van der Waals surface area contributed by atoms with Gasteiger partial charge in [0.05, 0.1) is 0 Å². The van der Waals surface area contributed by atoms with Crippen molar-refractivity contribution >= 4 is 11.7 Å². The number of ketones is 1. The average Bonchev–Trinajstić information content (AvgIpc) is 3.12. The zero-order valence-electron chi connectivity index (χ0n) is 14.4. The van der Waals surface area contributed by atoms with Crippen molar-refractivity contribution in [2.45, 2.75) is 25.3 Å². The van der Waals surface area contributed by atoms with E-state index in [9.17, 15) is 9.18 Å². The van der Waals surface area contributed by atoms with Gasteiger partial charge in [0.2, 0.25) is 5.95 Å². The van der Waals surface area contributed by atoms with E-state index in [4.69, 9.17) is 0 Å². The molecule has 0 saturated carbocycles. The van der Waals surface area contributed by atoms with E-state index in [0.717, 1.165) is 24.1 Å². The molecule has 0 radical (unpaired) electrons. The van der Waals surface area contributed by atoms with Gasteiger partial charge in [-0.1, -0.05) is 18.2 Å². The highest BCUT2D eigenvalue weighted by Gasteiger charge is 2.37. The Labute approximate surface area is 154 Å². The van der Waals surface area contributed by atoms with Gasteiger partial charge in [-0.2, -0.15) is 4.98 Å². The summed E-state index contributed by atoms with van der Waals surface area (Å²) in [7, 11) is 0. The number of nitrogens with one attached hydrogen (secondary N) is 1. The Morgan fingerprint density at radius 3 is 2.74 bits per heavy atom. The number of hydrogen-bond donors (Lipinski definition) is 1. The number of aromatic nitrogens is 4. The molecule has 0 fully saturated rings. The Morgan fingerprint density at radius 2 is 1.93 bits per heavy atom. The van der Waals surface area contributed by atoms with Gasteiger partial charge in [0.15, 0.2) is 11.6 Å². The number of halogens is 1. The minimum Gasteiger partial charge on any atom is -0.328 e. The van der Waals surface area contributed by atoms with Gasteiger partial charge in [-0.25, -0.2) is 9.07 Å². The Bertz CT molecular complexity index is 1070. The van der Waals surface area contributed by atoms with Gasteiger partial charge in [0.1, 0.15) is 11.9 Å². The number of Topliss-reactive ketones (excluding diaryl/α,β-unsaturated/α-hetero) is 1. The fraction of sp³-hybridized carbons (Fsp3) is 0.200. The van der Waals surface area contributed by atoms with E-state index in [1.807, 2.05) is 12.1 Å². The van der Waals surface area contributed by atoms with E-state index in [2.05, 4.69) is 20.4 Å². The number of hydrogen-bond acceptors (Lipinski definition) is 5. The van der Waals surface area contributed by atoms with Crippen LogP contribution in [0.15, 0.2) is 60.1 Å². The third kappa shape index (κ3) is 2.54. The number of allylic oxidation sites excluding steroid dienone is 2. The van der Waals surface area contributed by atoms with E-state index in [1.165, 1.54) is 6.07 Å². The van der Waals surface area contributed by atoms with Gasteiger partial charge < -0.3 is 5.32 Å². The summed E-state index contributed by atoms with van der Waals surface area (Å²) >= 11 is 0. The molecule has 1 aliphatic heterocycles. The highest BCUT2D eigenvalue weighted by Crippen LogP contribution is 2.41. The van der Waals surface area contributed by atoms with E-state index in [0.29, 0.717) is 29.3 Å². The van der Waals surface area contributed by atoms with Crippen molar-refractivity contribution in [2.24, 2.45) is 0 Å². The summed E-state index contributed by atoms with van der Waals surface area (Å²) in [5.41, 5.74) is 2.64. The van der Waals surface area contributed by atoms with Crippen LogP contribution in [0, 0.1) is 5.82 Å². The number of carbonyl (C=O) groups excluding carboxylic acids is 1. The molecule has 2 aromatic heterocycles. The maximum absolute atomic E-state index is 14.7. The molecule has 7 heteroatoms. The number of pyridine rings is 1. The van der Waals surface area contributed by atoms with Crippen LogP contribution in [0.4, 0.5) is 10.3 Å². The van der Waals surface area contributed by atoms with Crippen LogP contribution in [0.25, 0.3) is 11.4 Å². The lowest BCUT2D eigenvalue weighted by atomic mass is 9.85. The monoisotopic (exact) mass is 361 g/mol. The van der Waals surface area contributed by atoms with Crippen LogP contribution in [-0.2, 0) is 4.79 Å². The van der Waals surface area contributed by atoms with Gasteiger partial charge in [-0.05, 0) is 31.0 Å². The first kappa shape index (κ1) is 15.9. The minimum atomic E-state index is -0.617. The molecule has 134 valence electrons. The smallest absolute Gasteiger partial charge is 0.226 e. The zero-order valence-corrected chi connectivity index (χ0v) is 14.4. The van der Waals surface area contributed by atoms with Crippen molar-refractivity contribution in [1.82, 2.24) is 19.7 Å². The minimum absolute atomic E-state index is 0.0311. The normalized spacial score (nSPS) is 18.7. The van der Waals surface area contributed by atoms with Crippen LogP contribution >= 0.6 is 0 Å². The second kappa shape index (κ2) is 6.12. The Hall–Kier alpha value is -3.35. The standard InChI is InChI=1S/C20H16FN5O/c21-14-5-2-1-4-13(14)18-17-15(6-3-7-16(17)27)23-20-24-19(25-26(18)20)12-8-10-22-11-9-12/h1-2,4-5,8-11,18H,3,6-7H2,(H,23,24,25). The Balaban J connectivity index is 1.71. The third-order valence-electron chi connectivity index (χ3n) is 5.01. The second-order valence-corrected chi connectivity index (χ2v) is 6.66. The van der Waals surface area contributed by atoms with Crippen molar-refractivity contribution < 1.29 is 9.18 Å². The fourth-order valence-electron chi connectivity index (χ4n) is 3.76. The molecule has 5 rings (SSSR count). The molecule has 6 nitrogen and oxygen atoms in total. The maximum atomic E-state index is 14.7. The lowest BCUT2D eigenvalue weighted by molar-refractivity contribution is -0.116. The van der Waals surface area contributed by atoms with Crippen LogP contribution in [0.1, 0.15) is 30.9 Å². The highest BCUT2D eigenvalue weighted by molar-refractivity contribution is 5.99. The predicted molar refractivity (Wildman–Crippen MR) is 97.3 cm³/mol. The predicted octanol–water partition coefficient (Wildman–Crippen LogP) is 3.50. The summed E-state index contributed by atoms with van der Waals surface area (Å²) in [6.45, 7) is 0. The van der Waals surface area contributed by atoms with Gasteiger partial charge in [0.25, 0.3) is 0 Å². The zero-order chi connectivity index (χ0) is 18.4. The Kier molecular flexibility index (Phi) is 3.60. The molecule has 0 bridgehead atoms. The summed E-state index contributed by atoms with van der Waals surface area (Å²) in [5, 5.41) is 7.86. The third-order valence-corrected chi connectivity index (χ3v) is 5.01. The van der Waals surface area contributed by atoms with Crippen molar-refractivity contribution in [1.29, 1.82) is 0 Å². The molecule has 0 saturated heterocycles.